The van der Waals surface area contributed by atoms with Crippen LogP contribution in [0, 0.1) is 0 Å². The van der Waals surface area contributed by atoms with E-state index in [1.54, 1.807) is 0 Å². The molecule has 0 radical (unpaired) electrons. The highest BCUT2D eigenvalue weighted by Crippen LogP contribution is 2.28. The van der Waals surface area contributed by atoms with E-state index < -0.39 is 0 Å². The van der Waals surface area contributed by atoms with Gasteiger partial charge in [0.25, 0.3) is 0 Å². The average Bonchev–Trinajstić information content (AvgIpc) is 3.40. The van der Waals surface area contributed by atoms with Gasteiger partial charge in [-0.1, -0.05) is 67.2 Å². The molecule has 2 N–H and O–H groups in total. The molecule has 1 unspecified atom stereocenters. The number of para-hydroxylation sites is 1. The summed E-state index contributed by atoms with van der Waals surface area (Å²) in [6.07, 6.45) is 0.956. The Labute approximate surface area is 180 Å². The van der Waals surface area contributed by atoms with Gasteiger partial charge in [0.15, 0.2) is 11.0 Å². The number of carbonyl (C=O) groups is 1. The molecule has 154 valence electrons. The Morgan fingerprint density at radius 3 is 2.67 bits per heavy atom. The second kappa shape index (κ2) is 9.17. The number of hydrogen-bond acceptors (Lipinski definition) is 4. The summed E-state index contributed by atoms with van der Waals surface area (Å²) in [4.78, 5) is 15.8. The molecule has 0 saturated carbocycles. The Bertz CT molecular complexity index is 1100. The lowest BCUT2D eigenvalue weighted by Gasteiger charge is -2.16. The van der Waals surface area contributed by atoms with Crippen molar-refractivity contribution in [1.82, 2.24) is 25.1 Å². The first-order valence-electron chi connectivity index (χ1n) is 10.1. The first-order valence-corrected chi connectivity index (χ1v) is 11.1. The highest BCUT2D eigenvalue weighted by Gasteiger charge is 2.19. The van der Waals surface area contributed by atoms with Crippen LogP contribution in [0.1, 0.15) is 32.0 Å². The number of aromatic amines is 1. The number of thioether (sulfide) groups is 1. The quantitative estimate of drug-likeness (QED) is 0.402. The van der Waals surface area contributed by atoms with Crippen molar-refractivity contribution in [2.45, 2.75) is 38.0 Å². The van der Waals surface area contributed by atoms with E-state index in [4.69, 9.17) is 0 Å². The van der Waals surface area contributed by atoms with Gasteiger partial charge in [0.2, 0.25) is 5.91 Å². The van der Waals surface area contributed by atoms with Crippen molar-refractivity contribution < 1.29 is 4.79 Å². The average molecular weight is 420 g/mol. The van der Waals surface area contributed by atoms with E-state index in [0.717, 1.165) is 39.6 Å². The molecule has 0 aliphatic carbocycles. The molecule has 4 aromatic rings. The van der Waals surface area contributed by atoms with Crippen LogP contribution in [0.25, 0.3) is 22.3 Å². The Hall–Kier alpha value is -3.06. The number of nitrogens with zero attached hydrogens (tertiary/aromatic N) is 3. The predicted octanol–water partition coefficient (Wildman–Crippen LogP) is 4.81. The summed E-state index contributed by atoms with van der Waals surface area (Å²) in [5.41, 5.74) is 3.09. The third-order valence-electron chi connectivity index (χ3n) is 5.12. The standard InChI is InChI=1S/C23H25N5OS/c1-3-16(2)28-22(17-9-5-4-6-10-17)26-27-23(28)30-15-21(29)24-14-19-13-18-11-7-8-12-20(18)25-19/h4-13,16,25H,3,14-15H2,1-2H3,(H,24,29). The molecule has 6 nitrogen and oxygen atoms in total. The number of fused-ring (bicyclic) bond motifs is 1. The van der Waals surface area contributed by atoms with Crippen molar-refractivity contribution in [3.8, 4) is 11.4 Å². The van der Waals surface area contributed by atoms with Gasteiger partial charge < -0.3 is 10.3 Å². The Balaban J connectivity index is 1.41. The topological polar surface area (TPSA) is 75.6 Å². The fraction of sp³-hybridized carbons (Fsp3) is 0.261. The number of nitrogens with one attached hydrogen (secondary N) is 2. The molecule has 1 atom stereocenters. The lowest BCUT2D eigenvalue weighted by molar-refractivity contribution is -0.118. The van der Waals surface area contributed by atoms with Gasteiger partial charge in [-0.15, -0.1) is 10.2 Å². The molecule has 2 heterocycles. The van der Waals surface area contributed by atoms with Crippen LogP contribution in [-0.2, 0) is 11.3 Å². The zero-order valence-corrected chi connectivity index (χ0v) is 17.9. The molecule has 2 aromatic heterocycles. The van der Waals surface area contributed by atoms with Crippen LogP contribution in [0.3, 0.4) is 0 Å². The van der Waals surface area contributed by atoms with E-state index in [1.807, 2.05) is 48.5 Å². The summed E-state index contributed by atoms with van der Waals surface area (Å²) >= 11 is 1.42. The fourth-order valence-corrected chi connectivity index (χ4v) is 4.21. The van der Waals surface area contributed by atoms with Gasteiger partial charge in [-0.3, -0.25) is 9.36 Å². The second-order valence-corrected chi connectivity index (χ2v) is 8.19. The van der Waals surface area contributed by atoms with Crippen molar-refractivity contribution in [2.75, 3.05) is 5.75 Å². The van der Waals surface area contributed by atoms with E-state index in [0.29, 0.717) is 12.3 Å². The molecular formula is C23H25N5OS. The smallest absolute Gasteiger partial charge is 0.230 e. The van der Waals surface area contributed by atoms with Gasteiger partial charge in [0.05, 0.1) is 12.3 Å². The number of carbonyl (C=O) groups excluding carboxylic acids is 1. The summed E-state index contributed by atoms with van der Waals surface area (Å²) < 4.78 is 2.13. The zero-order valence-electron chi connectivity index (χ0n) is 17.1. The van der Waals surface area contributed by atoms with Crippen LogP contribution in [0.15, 0.2) is 65.8 Å². The number of benzene rings is 2. The molecule has 0 spiro atoms. The van der Waals surface area contributed by atoms with Crippen LogP contribution in [0.2, 0.25) is 0 Å². The first kappa shape index (κ1) is 20.2. The van der Waals surface area contributed by atoms with Crippen LogP contribution in [0.4, 0.5) is 0 Å². The Morgan fingerprint density at radius 2 is 1.90 bits per heavy atom. The minimum absolute atomic E-state index is 0.0291. The third kappa shape index (κ3) is 4.41. The summed E-state index contributed by atoms with van der Waals surface area (Å²) in [7, 11) is 0. The van der Waals surface area contributed by atoms with E-state index >= 15 is 0 Å². The highest BCUT2D eigenvalue weighted by molar-refractivity contribution is 7.99. The minimum atomic E-state index is -0.0291. The van der Waals surface area contributed by atoms with Gasteiger partial charge in [0.1, 0.15) is 0 Å². The number of rotatable bonds is 8. The predicted molar refractivity (Wildman–Crippen MR) is 121 cm³/mol. The highest BCUT2D eigenvalue weighted by atomic mass is 32.2. The van der Waals surface area contributed by atoms with E-state index in [9.17, 15) is 4.79 Å². The third-order valence-corrected chi connectivity index (χ3v) is 6.07. The molecule has 2 aromatic carbocycles. The lowest BCUT2D eigenvalue weighted by Crippen LogP contribution is -2.25. The maximum absolute atomic E-state index is 12.4. The van der Waals surface area contributed by atoms with Gasteiger partial charge >= 0.3 is 0 Å². The fourth-order valence-electron chi connectivity index (χ4n) is 3.34. The minimum Gasteiger partial charge on any atom is -0.357 e. The lowest BCUT2D eigenvalue weighted by atomic mass is 10.2. The van der Waals surface area contributed by atoms with Gasteiger partial charge in [-0.05, 0) is 30.9 Å². The second-order valence-electron chi connectivity index (χ2n) is 7.25. The van der Waals surface area contributed by atoms with Crippen LogP contribution < -0.4 is 5.32 Å². The largest absolute Gasteiger partial charge is 0.357 e. The Kier molecular flexibility index (Phi) is 6.18. The SMILES string of the molecule is CCC(C)n1c(SCC(=O)NCc2cc3ccccc3[nH]2)nnc1-c1ccccc1. The molecule has 0 bridgehead atoms. The number of H-pyrrole nitrogens is 1. The number of aromatic nitrogens is 4. The van der Waals surface area contributed by atoms with Gasteiger partial charge in [-0.25, -0.2) is 0 Å². The summed E-state index contributed by atoms with van der Waals surface area (Å²) in [6.45, 7) is 4.76. The van der Waals surface area contributed by atoms with E-state index in [2.05, 4.69) is 51.0 Å². The molecule has 0 aliphatic heterocycles. The molecule has 30 heavy (non-hydrogen) atoms. The molecule has 1 amide bonds. The van der Waals surface area contributed by atoms with Crippen molar-refractivity contribution >= 4 is 28.6 Å². The maximum atomic E-state index is 12.4. The molecule has 0 saturated heterocycles. The van der Waals surface area contributed by atoms with Crippen molar-refractivity contribution in [3.05, 3.63) is 66.4 Å². The molecular weight excluding hydrogens is 394 g/mol. The maximum Gasteiger partial charge on any atom is 0.230 e. The van der Waals surface area contributed by atoms with Crippen LogP contribution in [-0.4, -0.2) is 31.4 Å². The molecule has 0 fully saturated rings. The number of hydrogen-bond donors (Lipinski definition) is 2. The molecule has 0 aliphatic rings. The summed E-state index contributed by atoms with van der Waals surface area (Å²) in [6, 6.07) is 20.4. The van der Waals surface area contributed by atoms with Crippen LogP contribution >= 0.6 is 11.8 Å². The van der Waals surface area contributed by atoms with Crippen molar-refractivity contribution in [1.29, 1.82) is 0 Å². The first-order chi connectivity index (χ1) is 14.7. The van der Waals surface area contributed by atoms with E-state index in [1.165, 1.54) is 11.8 Å². The van der Waals surface area contributed by atoms with E-state index in [-0.39, 0.29) is 11.9 Å². The van der Waals surface area contributed by atoms with Crippen LogP contribution in [0.5, 0.6) is 0 Å². The molecule has 7 heteroatoms. The molecule has 4 rings (SSSR count). The van der Waals surface area contributed by atoms with Gasteiger partial charge in [-0.2, -0.15) is 0 Å². The number of amides is 1. The zero-order chi connectivity index (χ0) is 20.9. The Morgan fingerprint density at radius 1 is 1.13 bits per heavy atom. The normalized spacial score (nSPS) is 12.2. The monoisotopic (exact) mass is 419 g/mol. The van der Waals surface area contributed by atoms with Gasteiger partial charge in [0, 0.05) is 22.8 Å². The summed E-state index contributed by atoms with van der Waals surface area (Å²) in [5.74, 6) is 1.10. The summed E-state index contributed by atoms with van der Waals surface area (Å²) in [5, 5.41) is 13.7. The van der Waals surface area contributed by atoms with Crippen molar-refractivity contribution in [3.63, 3.8) is 0 Å². The van der Waals surface area contributed by atoms with Crippen molar-refractivity contribution in [2.24, 2.45) is 0 Å².